The van der Waals surface area contributed by atoms with Crippen LogP contribution >= 0.6 is 11.3 Å². The Morgan fingerprint density at radius 2 is 2.21 bits per heavy atom. The summed E-state index contributed by atoms with van der Waals surface area (Å²) in [6.45, 7) is 9.07. The molecule has 1 aliphatic rings. The van der Waals surface area contributed by atoms with Gasteiger partial charge < -0.3 is 10.0 Å². The van der Waals surface area contributed by atoms with Crippen molar-refractivity contribution in [3.63, 3.8) is 0 Å². The minimum Gasteiger partial charge on any atom is -0.391 e. The third-order valence-electron chi connectivity index (χ3n) is 4.23. The van der Waals surface area contributed by atoms with E-state index in [0.29, 0.717) is 5.92 Å². The van der Waals surface area contributed by atoms with Crippen LogP contribution in [0.15, 0.2) is 0 Å². The Balaban J connectivity index is 2.17. The Bertz CT molecular complexity index is 405. The van der Waals surface area contributed by atoms with Crippen molar-refractivity contribution in [2.45, 2.75) is 59.0 Å². The van der Waals surface area contributed by atoms with Crippen LogP contribution in [0.2, 0.25) is 0 Å². The molecule has 1 N–H and O–H groups in total. The molecular weight excluding hydrogens is 256 g/mol. The van der Waals surface area contributed by atoms with Crippen LogP contribution in [-0.2, 0) is 6.61 Å². The molecule has 2 heterocycles. The SMILES string of the molecule is CCC(C)c1nc(N2CCCC(C)CC2)sc1CO. The van der Waals surface area contributed by atoms with E-state index in [1.165, 1.54) is 19.3 Å². The summed E-state index contributed by atoms with van der Waals surface area (Å²) in [4.78, 5) is 8.30. The van der Waals surface area contributed by atoms with Crippen LogP contribution in [0.5, 0.6) is 0 Å². The maximum absolute atomic E-state index is 9.52. The number of aromatic nitrogens is 1. The Labute approximate surface area is 120 Å². The first-order chi connectivity index (χ1) is 9.15. The lowest BCUT2D eigenvalue weighted by Gasteiger charge is -2.19. The van der Waals surface area contributed by atoms with Gasteiger partial charge in [0.25, 0.3) is 0 Å². The second-order valence-electron chi connectivity index (χ2n) is 5.80. The van der Waals surface area contributed by atoms with Crippen molar-refractivity contribution < 1.29 is 5.11 Å². The van der Waals surface area contributed by atoms with E-state index in [4.69, 9.17) is 4.98 Å². The average Bonchev–Trinajstić information content (AvgIpc) is 2.74. The van der Waals surface area contributed by atoms with Crippen molar-refractivity contribution in [3.05, 3.63) is 10.6 Å². The van der Waals surface area contributed by atoms with Crippen LogP contribution in [0, 0.1) is 5.92 Å². The number of anilines is 1. The zero-order chi connectivity index (χ0) is 13.8. The van der Waals surface area contributed by atoms with Gasteiger partial charge in [0.15, 0.2) is 5.13 Å². The third kappa shape index (κ3) is 3.48. The topological polar surface area (TPSA) is 36.4 Å². The highest BCUT2D eigenvalue weighted by Crippen LogP contribution is 2.33. The van der Waals surface area contributed by atoms with Crippen molar-refractivity contribution in [3.8, 4) is 0 Å². The molecule has 1 saturated heterocycles. The molecule has 4 heteroatoms. The lowest BCUT2D eigenvalue weighted by molar-refractivity contribution is 0.283. The Hall–Kier alpha value is -0.610. The fourth-order valence-electron chi connectivity index (χ4n) is 2.63. The van der Waals surface area contributed by atoms with E-state index in [-0.39, 0.29) is 6.61 Å². The molecule has 0 aliphatic carbocycles. The van der Waals surface area contributed by atoms with Crippen molar-refractivity contribution in [2.75, 3.05) is 18.0 Å². The molecule has 1 aromatic heterocycles. The van der Waals surface area contributed by atoms with Gasteiger partial charge in [-0.2, -0.15) is 0 Å². The molecule has 1 aromatic rings. The van der Waals surface area contributed by atoms with Gasteiger partial charge in [-0.15, -0.1) is 0 Å². The number of hydrogen-bond acceptors (Lipinski definition) is 4. The minimum atomic E-state index is 0.127. The van der Waals surface area contributed by atoms with Crippen LogP contribution in [-0.4, -0.2) is 23.2 Å². The molecule has 108 valence electrons. The smallest absolute Gasteiger partial charge is 0.185 e. The zero-order valence-electron chi connectivity index (χ0n) is 12.4. The van der Waals surface area contributed by atoms with Gasteiger partial charge in [0.1, 0.15) is 0 Å². The molecule has 19 heavy (non-hydrogen) atoms. The molecule has 1 aliphatic heterocycles. The minimum absolute atomic E-state index is 0.127. The Morgan fingerprint density at radius 1 is 1.42 bits per heavy atom. The van der Waals surface area contributed by atoms with Crippen LogP contribution in [0.3, 0.4) is 0 Å². The summed E-state index contributed by atoms with van der Waals surface area (Å²) in [6.07, 6.45) is 4.92. The first kappa shape index (κ1) is 14.8. The van der Waals surface area contributed by atoms with Crippen LogP contribution in [0.1, 0.15) is 62.9 Å². The highest BCUT2D eigenvalue weighted by Gasteiger charge is 2.21. The quantitative estimate of drug-likeness (QED) is 0.913. The lowest BCUT2D eigenvalue weighted by atomic mass is 10.0. The molecule has 0 bridgehead atoms. The molecule has 0 saturated carbocycles. The molecule has 0 spiro atoms. The van der Waals surface area contributed by atoms with E-state index in [9.17, 15) is 5.11 Å². The summed E-state index contributed by atoms with van der Waals surface area (Å²) in [7, 11) is 0. The first-order valence-electron chi connectivity index (χ1n) is 7.51. The van der Waals surface area contributed by atoms with Gasteiger partial charge in [-0.25, -0.2) is 4.98 Å². The average molecular weight is 282 g/mol. The van der Waals surface area contributed by atoms with Gasteiger partial charge in [0, 0.05) is 13.1 Å². The van der Waals surface area contributed by atoms with E-state index < -0.39 is 0 Å². The maximum atomic E-state index is 9.52. The van der Waals surface area contributed by atoms with Gasteiger partial charge in [-0.1, -0.05) is 32.1 Å². The summed E-state index contributed by atoms with van der Waals surface area (Å²) in [5, 5.41) is 10.6. The summed E-state index contributed by atoms with van der Waals surface area (Å²) in [5.74, 6) is 1.27. The molecule has 0 aromatic carbocycles. The van der Waals surface area contributed by atoms with Crippen LogP contribution in [0.4, 0.5) is 5.13 Å². The van der Waals surface area contributed by atoms with E-state index in [1.807, 2.05) is 0 Å². The number of rotatable bonds is 4. The molecule has 2 atom stereocenters. The highest BCUT2D eigenvalue weighted by atomic mass is 32.1. The molecule has 0 amide bonds. The Kier molecular flexibility index (Phi) is 5.22. The second-order valence-corrected chi connectivity index (χ2v) is 6.86. The van der Waals surface area contributed by atoms with Crippen molar-refractivity contribution in [2.24, 2.45) is 5.92 Å². The summed E-state index contributed by atoms with van der Waals surface area (Å²) in [6, 6.07) is 0. The van der Waals surface area contributed by atoms with Crippen LogP contribution in [0.25, 0.3) is 0 Å². The van der Waals surface area contributed by atoms with E-state index in [2.05, 4.69) is 25.7 Å². The second kappa shape index (κ2) is 6.71. The van der Waals surface area contributed by atoms with Crippen molar-refractivity contribution >= 4 is 16.5 Å². The number of hydrogen-bond donors (Lipinski definition) is 1. The summed E-state index contributed by atoms with van der Waals surface area (Å²) in [5.41, 5.74) is 1.11. The van der Waals surface area contributed by atoms with E-state index >= 15 is 0 Å². The van der Waals surface area contributed by atoms with Crippen molar-refractivity contribution in [1.82, 2.24) is 4.98 Å². The Morgan fingerprint density at radius 3 is 2.89 bits per heavy atom. The van der Waals surface area contributed by atoms with Gasteiger partial charge >= 0.3 is 0 Å². The highest BCUT2D eigenvalue weighted by molar-refractivity contribution is 7.15. The van der Waals surface area contributed by atoms with Crippen LogP contribution < -0.4 is 4.90 Å². The summed E-state index contributed by atoms with van der Waals surface area (Å²) >= 11 is 1.69. The molecule has 2 rings (SSSR count). The maximum Gasteiger partial charge on any atom is 0.185 e. The van der Waals surface area contributed by atoms with E-state index in [1.54, 1.807) is 11.3 Å². The number of aliphatic hydroxyl groups is 1. The van der Waals surface area contributed by atoms with Gasteiger partial charge in [0.2, 0.25) is 0 Å². The lowest BCUT2D eigenvalue weighted by Crippen LogP contribution is -2.24. The predicted octanol–water partition coefficient (Wildman–Crippen LogP) is 3.78. The first-order valence-corrected chi connectivity index (χ1v) is 8.32. The zero-order valence-corrected chi connectivity index (χ0v) is 13.2. The molecule has 3 nitrogen and oxygen atoms in total. The number of nitrogens with zero attached hydrogens (tertiary/aromatic N) is 2. The van der Waals surface area contributed by atoms with Gasteiger partial charge in [-0.05, 0) is 37.5 Å². The molecular formula is C15H26N2OS. The monoisotopic (exact) mass is 282 g/mol. The largest absolute Gasteiger partial charge is 0.391 e. The summed E-state index contributed by atoms with van der Waals surface area (Å²) < 4.78 is 0. The van der Waals surface area contributed by atoms with Crippen molar-refractivity contribution in [1.29, 1.82) is 0 Å². The third-order valence-corrected chi connectivity index (χ3v) is 5.34. The molecule has 0 radical (unpaired) electrons. The van der Waals surface area contributed by atoms with Gasteiger partial charge in [-0.3, -0.25) is 0 Å². The fourth-order valence-corrected chi connectivity index (χ4v) is 3.72. The van der Waals surface area contributed by atoms with Gasteiger partial charge in [0.05, 0.1) is 17.2 Å². The molecule has 2 unspecified atom stereocenters. The molecule has 1 fully saturated rings. The number of aliphatic hydroxyl groups excluding tert-OH is 1. The fraction of sp³-hybridized carbons (Fsp3) is 0.800. The predicted molar refractivity (Wildman–Crippen MR) is 82.0 cm³/mol. The normalized spacial score (nSPS) is 22.3. The number of thiazole rings is 1. The van der Waals surface area contributed by atoms with E-state index in [0.717, 1.165) is 41.1 Å². The standard InChI is InChI=1S/C15H26N2OS/c1-4-12(3)14-13(10-18)19-15(16-14)17-8-5-6-11(2)7-9-17/h11-12,18H,4-10H2,1-3H3.